The van der Waals surface area contributed by atoms with Crippen molar-refractivity contribution in [3.8, 4) is 0 Å². The molecular weight excluding hydrogens is 264 g/mol. The molecule has 1 rings (SSSR count). The van der Waals surface area contributed by atoms with E-state index in [4.69, 9.17) is 4.74 Å². The van der Waals surface area contributed by atoms with Crippen LogP contribution in [0.25, 0.3) is 0 Å². The minimum absolute atomic E-state index is 0.192. The second-order valence-corrected chi connectivity index (χ2v) is 4.14. The summed E-state index contributed by atoms with van der Waals surface area (Å²) in [6, 6.07) is 4.07. The number of carbonyl (C=O) groups excluding carboxylic acids is 2. The molecule has 1 amide bonds. The second-order valence-electron chi connectivity index (χ2n) is 4.14. The monoisotopic (exact) mass is 280 g/mol. The van der Waals surface area contributed by atoms with Crippen molar-refractivity contribution >= 4 is 17.6 Å². The molecule has 1 unspecified atom stereocenters. The van der Waals surface area contributed by atoms with E-state index in [0.29, 0.717) is 6.54 Å². The summed E-state index contributed by atoms with van der Waals surface area (Å²) in [6.45, 7) is 4.95. The number of benzene rings is 1. The van der Waals surface area contributed by atoms with E-state index in [1.807, 2.05) is 0 Å². The minimum Gasteiger partial charge on any atom is -0.458 e. The first-order chi connectivity index (χ1) is 9.36. The Morgan fingerprint density at radius 3 is 2.60 bits per heavy atom. The number of carbonyl (C=O) groups is 2. The molecule has 0 fully saturated rings. The molecule has 0 saturated carbocycles. The van der Waals surface area contributed by atoms with Crippen LogP contribution in [0.5, 0.6) is 0 Å². The number of amides is 1. The lowest BCUT2D eigenvalue weighted by atomic mass is 10.0. The number of nitrogens with zero attached hydrogens (tertiary/aromatic N) is 1. The fourth-order valence-electron chi connectivity index (χ4n) is 1.76. The normalized spacial score (nSPS) is 11.6. The summed E-state index contributed by atoms with van der Waals surface area (Å²) in [5.74, 6) is -0.915. The zero-order valence-corrected chi connectivity index (χ0v) is 11.5. The van der Waals surface area contributed by atoms with Crippen LogP contribution in [0.2, 0.25) is 0 Å². The van der Waals surface area contributed by atoms with Crippen LogP contribution in [0.15, 0.2) is 18.2 Å². The van der Waals surface area contributed by atoms with Crippen LogP contribution in [0.3, 0.4) is 0 Å². The highest BCUT2D eigenvalue weighted by molar-refractivity contribution is 5.95. The van der Waals surface area contributed by atoms with Crippen molar-refractivity contribution in [3.63, 3.8) is 0 Å². The standard InChI is InChI=1S/C13H16N2O5/c1-4-14-13(17)10-5-6-11(8(2)20-9(3)16)12(7-10)15(18)19/h5-8H,4H2,1-3H3,(H,14,17). The van der Waals surface area contributed by atoms with Crippen LogP contribution in [0.4, 0.5) is 5.69 Å². The van der Waals surface area contributed by atoms with Crippen LogP contribution in [-0.4, -0.2) is 23.3 Å². The van der Waals surface area contributed by atoms with Gasteiger partial charge in [0.2, 0.25) is 0 Å². The van der Waals surface area contributed by atoms with Crippen LogP contribution < -0.4 is 5.32 Å². The Kier molecular flexibility index (Phi) is 5.19. The van der Waals surface area contributed by atoms with E-state index in [9.17, 15) is 19.7 Å². The van der Waals surface area contributed by atoms with Crippen molar-refractivity contribution in [2.45, 2.75) is 26.9 Å². The smallest absolute Gasteiger partial charge is 0.303 e. The Morgan fingerprint density at radius 2 is 2.10 bits per heavy atom. The molecule has 0 aliphatic heterocycles. The van der Waals surface area contributed by atoms with E-state index < -0.39 is 17.0 Å². The Balaban J connectivity index is 3.17. The topological polar surface area (TPSA) is 98.5 Å². The number of rotatable bonds is 5. The molecule has 1 aromatic carbocycles. The van der Waals surface area contributed by atoms with E-state index in [-0.39, 0.29) is 22.7 Å². The highest BCUT2D eigenvalue weighted by Crippen LogP contribution is 2.28. The van der Waals surface area contributed by atoms with Gasteiger partial charge in [-0.25, -0.2) is 0 Å². The molecule has 0 heterocycles. The van der Waals surface area contributed by atoms with Crippen molar-refractivity contribution < 1.29 is 19.2 Å². The summed E-state index contributed by atoms with van der Waals surface area (Å²) in [5, 5.41) is 13.6. The molecule has 0 bridgehead atoms. The number of hydrogen-bond donors (Lipinski definition) is 1. The zero-order chi connectivity index (χ0) is 15.3. The Hall–Kier alpha value is -2.44. The third-order valence-electron chi connectivity index (χ3n) is 2.61. The zero-order valence-electron chi connectivity index (χ0n) is 11.5. The molecule has 1 N–H and O–H groups in total. The van der Waals surface area contributed by atoms with Crippen molar-refractivity contribution in [1.29, 1.82) is 0 Å². The average molecular weight is 280 g/mol. The number of esters is 1. The van der Waals surface area contributed by atoms with Crippen LogP contribution in [0, 0.1) is 10.1 Å². The highest BCUT2D eigenvalue weighted by atomic mass is 16.6. The van der Waals surface area contributed by atoms with Crippen LogP contribution >= 0.6 is 0 Å². The average Bonchev–Trinajstić information content (AvgIpc) is 2.37. The van der Waals surface area contributed by atoms with E-state index in [0.717, 1.165) is 0 Å². The maximum Gasteiger partial charge on any atom is 0.303 e. The molecule has 7 heteroatoms. The number of ether oxygens (including phenoxy) is 1. The molecule has 1 atom stereocenters. The predicted molar refractivity (Wildman–Crippen MR) is 71.3 cm³/mol. The van der Waals surface area contributed by atoms with Gasteiger partial charge in [0, 0.05) is 25.1 Å². The molecule has 0 spiro atoms. The van der Waals surface area contributed by atoms with E-state index in [2.05, 4.69) is 5.32 Å². The van der Waals surface area contributed by atoms with Gasteiger partial charge in [0.15, 0.2) is 0 Å². The lowest BCUT2D eigenvalue weighted by molar-refractivity contribution is -0.386. The summed E-state index contributed by atoms with van der Waals surface area (Å²) >= 11 is 0. The SMILES string of the molecule is CCNC(=O)c1ccc(C(C)OC(C)=O)c([N+](=O)[O-])c1. The number of nitro groups is 1. The van der Waals surface area contributed by atoms with E-state index >= 15 is 0 Å². The summed E-state index contributed by atoms with van der Waals surface area (Å²) in [4.78, 5) is 33.1. The second kappa shape index (κ2) is 6.65. The lowest BCUT2D eigenvalue weighted by Gasteiger charge is -2.13. The quantitative estimate of drug-likeness (QED) is 0.505. The van der Waals surface area contributed by atoms with E-state index in [1.165, 1.54) is 32.0 Å². The van der Waals surface area contributed by atoms with Gasteiger partial charge >= 0.3 is 5.97 Å². The lowest BCUT2D eigenvalue weighted by Crippen LogP contribution is -2.22. The Labute approximate surface area is 116 Å². The van der Waals surface area contributed by atoms with Gasteiger partial charge in [0.25, 0.3) is 11.6 Å². The van der Waals surface area contributed by atoms with Crippen molar-refractivity contribution in [1.82, 2.24) is 5.32 Å². The molecule has 7 nitrogen and oxygen atoms in total. The van der Waals surface area contributed by atoms with Crippen LogP contribution in [-0.2, 0) is 9.53 Å². The first kappa shape index (κ1) is 15.6. The van der Waals surface area contributed by atoms with Gasteiger partial charge in [-0.2, -0.15) is 0 Å². The number of nitrogens with one attached hydrogen (secondary N) is 1. The maximum atomic E-state index is 11.7. The third kappa shape index (κ3) is 3.78. The van der Waals surface area contributed by atoms with Crippen molar-refractivity contribution in [3.05, 3.63) is 39.4 Å². The Bertz CT molecular complexity index is 542. The third-order valence-corrected chi connectivity index (χ3v) is 2.61. The highest BCUT2D eigenvalue weighted by Gasteiger charge is 2.22. The molecule has 0 saturated heterocycles. The van der Waals surface area contributed by atoms with Crippen molar-refractivity contribution in [2.24, 2.45) is 0 Å². The van der Waals surface area contributed by atoms with Gasteiger partial charge in [0.05, 0.1) is 10.5 Å². The van der Waals surface area contributed by atoms with Gasteiger partial charge in [-0.1, -0.05) is 0 Å². The summed E-state index contributed by atoms with van der Waals surface area (Å²) < 4.78 is 4.93. The van der Waals surface area contributed by atoms with Gasteiger partial charge < -0.3 is 10.1 Å². The van der Waals surface area contributed by atoms with Crippen molar-refractivity contribution in [2.75, 3.05) is 6.54 Å². The molecular formula is C13H16N2O5. The number of hydrogen-bond acceptors (Lipinski definition) is 5. The molecule has 0 aliphatic rings. The molecule has 1 aromatic rings. The molecule has 0 aliphatic carbocycles. The van der Waals surface area contributed by atoms with Gasteiger partial charge in [-0.3, -0.25) is 19.7 Å². The van der Waals surface area contributed by atoms with E-state index in [1.54, 1.807) is 6.92 Å². The first-order valence-electron chi connectivity index (χ1n) is 6.10. The van der Waals surface area contributed by atoms with Gasteiger partial charge in [0.1, 0.15) is 6.10 Å². The Morgan fingerprint density at radius 1 is 1.45 bits per heavy atom. The summed E-state index contributed by atoms with van der Waals surface area (Å²) in [6.07, 6.45) is -0.754. The molecule has 0 aromatic heterocycles. The minimum atomic E-state index is -0.754. The fraction of sp³-hybridized carbons (Fsp3) is 0.385. The van der Waals surface area contributed by atoms with Gasteiger partial charge in [-0.05, 0) is 26.0 Å². The fourth-order valence-corrected chi connectivity index (χ4v) is 1.76. The molecule has 0 radical (unpaired) electrons. The van der Waals surface area contributed by atoms with Gasteiger partial charge in [-0.15, -0.1) is 0 Å². The predicted octanol–water partition coefficient (Wildman–Crippen LogP) is 1.97. The number of nitro benzene ring substituents is 1. The maximum absolute atomic E-state index is 11.7. The largest absolute Gasteiger partial charge is 0.458 e. The summed E-state index contributed by atoms with van der Waals surface area (Å²) in [7, 11) is 0. The summed E-state index contributed by atoms with van der Waals surface area (Å²) in [5.41, 5.74) is 0.193. The van der Waals surface area contributed by atoms with Crippen LogP contribution in [0.1, 0.15) is 42.8 Å². The molecule has 20 heavy (non-hydrogen) atoms. The molecule has 108 valence electrons. The first-order valence-corrected chi connectivity index (χ1v) is 6.10.